The van der Waals surface area contributed by atoms with Gasteiger partial charge in [0.25, 0.3) is 0 Å². The molecule has 8 aliphatic carbocycles. The topological polar surface area (TPSA) is 192 Å². The molecule has 8 saturated carbocycles. The predicted molar refractivity (Wildman–Crippen MR) is 314 cm³/mol. The smallest absolute Gasteiger partial charge is 0.0628 e. The van der Waals surface area contributed by atoms with Crippen LogP contribution in [0.15, 0.2) is 0 Å². The molecule has 0 spiro atoms. The predicted octanol–water partition coefficient (Wildman–Crippen LogP) is 5.21. The normalized spacial score (nSPS) is 56.9. The molecule has 16 nitrogen and oxygen atoms in total. The minimum absolute atomic E-state index is 0. The van der Waals surface area contributed by atoms with Gasteiger partial charge in [0.1, 0.15) is 0 Å². The van der Waals surface area contributed by atoms with E-state index in [4.69, 9.17) is 0 Å². The van der Waals surface area contributed by atoms with E-state index >= 15 is 0 Å². The molecule has 10 heterocycles. The first-order valence-electron chi connectivity index (χ1n) is 35.8. The molecule has 16 unspecified atom stereocenters. The molecule has 18 aliphatic rings. The zero-order valence-corrected chi connectivity index (χ0v) is 51.2. The summed E-state index contributed by atoms with van der Waals surface area (Å²) < 4.78 is 0. The van der Waals surface area contributed by atoms with Crippen LogP contribution in [0.4, 0.5) is 0 Å². The summed E-state index contributed by atoms with van der Waals surface area (Å²) >= 11 is 0. The second kappa shape index (κ2) is 24.4. The van der Waals surface area contributed by atoms with Crippen molar-refractivity contribution in [2.45, 2.75) is 304 Å². The zero-order chi connectivity index (χ0) is 52.4. The van der Waals surface area contributed by atoms with Crippen LogP contribution < -0.4 is 85.1 Å². The van der Waals surface area contributed by atoms with E-state index in [1.807, 2.05) is 0 Å². The maximum atomic E-state index is 4.26. The average Bonchev–Trinajstić information content (AvgIpc) is 4.47. The molecule has 81 heavy (non-hydrogen) atoms. The number of hydrogen-bond acceptors (Lipinski definition) is 16. The molecule has 0 aromatic rings. The standard InChI is InChI=1S/2C32H56N8.Er/c2*1-2-10-18-17(9-1)25-33-26(18)38-28-21-13-5-6-14-22(21)30(35-28)40-32-24-16-8-7-15-23(24)31(36-32)39-29-20-12-4-3-11-19(20)27(34-29)37-25;/h2*17-40H,1-16H2;. The monoisotopic (exact) mass is 1270 g/mol. The van der Waals surface area contributed by atoms with Gasteiger partial charge in [-0.2, -0.15) is 0 Å². The van der Waals surface area contributed by atoms with E-state index in [2.05, 4.69) is 85.1 Å². The SMILES string of the molecule is C1CCC2C3NC(NC4NC(NC5NC(NC6NC(N3)C3CCCCC63)C3CCCCC53)C3CCCCC43)C2C1.C1CCC2C3NC(NC4NC(NC5NC(NC6NC(N3)C3CCCCC63)C3CCCCC53)C3CCCCC43)C2C1.[Er]. The van der Waals surface area contributed by atoms with Gasteiger partial charge in [-0.3, -0.25) is 85.1 Å². The van der Waals surface area contributed by atoms with Gasteiger partial charge in [-0.05, 0) is 197 Å². The van der Waals surface area contributed by atoms with Gasteiger partial charge in [0.15, 0.2) is 0 Å². The number of rotatable bonds is 0. The minimum atomic E-state index is 0. The molecule has 18 fully saturated rings. The molecule has 0 aromatic carbocycles. The second-order valence-corrected chi connectivity index (χ2v) is 31.2. The van der Waals surface area contributed by atoms with Gasteiger partial charge >= 0.3 is 0 Å². The largest absolute Gasteiger partial charge is 0.286 e. The Kier molecular flexibility index (Phi) is 17.1. The minimum Gasteiger partial charge on any atom is -0.286 e. The maximum Gasteiger partial charge on any atom is 0.0628 e. The Hall–Kier alpha value is 0.607. The summed E-state index contributed by atoms with van der Waals surface area (Å²) in [7, 11) is 0. The van der Waals surface area contributed by atoms with Crippen molar-refractivity contribution in [3.63, 3.8) is 0 Å². The van der Waals surface area contributed by atoms with Crippen LogP contribution in [0, 0.1) is 132 Å². The fraction of sp³-hybridized carbons (Fsp3) is 1.00. The van der Waals surface area contributed by atoms with Crippen LogP contribution in [-0.4, -0.2) is 98.7 Å². The molecule has 16 bridgehead atoms. The first-order chi connectivity index (χ1) is 39.6. The molecule has 10 aliphatic heterocycles. The number of fused-ring (bicyclic) bond motifs is 40. The van der Waals surface area contributed by atoms with E-state index in [1.54, 1.807) is 0 Å². The Balaban J connectivity index is 0.000000132. The fourth-order valence-corrected chi connectivity index (χ4v) is 23.9. The fourth-order valence-electron chi connectivity index (χ4n) is 23.9. The Morgan fingerprint density at radius 1 is 0.111 bits per heavy atom. The molecule has 16 atom stereocenters. The Bertz CT molecular complexity index is 1570. The van der Waals surface area contributed by atoms with Crippen LogP contribution in [0.1, 0.15) is 205 Å². The quantitative estimate of drug-likeness (QED) is 0.151. The van der Waals surface area contributed by atoms with Crippen molar-refractivity contribution in [3.05, 3.63) is 0 Å². The van der Waals surface area contributed by atoms with Gasteiger partial charge < -0.3 is 0 Å². The van der Waals surface area contributed by atoms with Gasteiger partial charge in [0.2, 0.25) is 0 Å². The van der Waals surface area contributed by atoms with Crippen LogP contribution in [0.2, 0.25) is 0 Å². The third-order valence-corrected chi connectivity index (χ3v) is 27.6. The first kappa shape index (κ1) is 56.8. The van der Waals surface area contributed by atoms with E-state index < -0.39 is 0 Å². The van der Waals surface area contributed by atoms with Gasteiger partial charge in [-0.1, -0.05) is 103 Å². The van der Waals surface area contributed by atoms with Gasteiger partial charge in [-0.15, -0.1) is 0 Å². The molecule has 0 amide bonds. The number of nitrogens with one attached hydrogen (secondary N) is 16. The Morgan fingerprint density at radius 2 is 0.173 bits per heavy atom. The molecule has 17 heteroatoms. The summed E-state index contributed by atoms with van der Waals surface area (Å²) in [6.07, 6.45) is 51.1. The summed E-state index contributed by atoms with van der Waals surface area (Å²) in [6.45, 7) is 0. The van der Waals surface area contributed by atoms with Crippen molar-refractivity contribution in [2.75, 3.05) is 0 Å². The van der Waals surface area contributed by atoms with Crippen molar-refractivity contribution in [1.29, 1.82) is 0 Å². The molecule has 16 N–H and O–H groups in total. The summed E-state index contributed by atoms with van der Waals surface area (Å²) in [5.74, 6) is 11.9. The van der Waals surface area contributed by atoms with Crippen LogP contribution in [0.5, 0.6) is 0 Å². The van der Waals surface area contributed by atoms with Crippen molar-refractivity contribution >= 4 is 0 Å². The zero-order valence-electron chi connectivity index (χ0n) is 49.4. The summed E-state index contributed by atoms with van der Waals surface area (Å²) in [6, 6.07) is 0. The van der Waals surface area contributed by atoms with Crippen LogP contribution in [0.25, 0.3) is 0 Å². The van der Waals surface area contributed by atoms with E-state index in [1.165, 1.54) is 205 Å². The van der Waals surface area contributed by atoms with E-state index in [9.17, 15) is 0 Å². The third kappa shape index (κ3) is 10.6. The van der Waals surface area contributed by atoms with Gasteiger partial charge in [-0.25, -0.2) is 0 Å². The first-order valence-corrected chi connectivity index (χ1v) is 35.8. The van der Waals surface area contributed by atoms with E-state index in [0.717, 1.165) is 94.7 Å². The molecular formula is C64H112ErN16. The van der Waals surface area contributed by atoms with Crippen molar-refractivity contribution < 1.29 is 37.3 Å². The summed E-state index contributed by atoms with van der Waals surface area (Å²) in [4.78, 5) is 0. The van der Waals surface area contributed by atoms with Gasteiger partial charge in [0.05, 0.1) is 98.7 Å². The van der Waals surface area contributed by atoms with Crippen LogP contribution >= 0.6 is 0 Å². The Labute approximate surface area is 517 Å². The van der Waals surface area contributed by atoms with Crippen molar-refractivity contribution in [3.8, 4) is 0 Å². The molecule has 0 aromatic heterocycles. The van der Waals surface area contributed by atoms with Crippen molar-refractivity contribution in [1.82, 2.24) is 85.1 Å². The molecule has 18 rings (SSSR count). The number of hydrogen-bond donors (Lipinski definition) is 16. The summed E-state index contributed by atoms with van der Waals surface area (Å²) in [5.41, 5.74) is 0. The van der Waals surface area contributed by atoms with Crippen LogP contribution in [-0.2, 0) is 0 Å². The van der Waals surface area contributed by atoms with E-state index in [-0.39, 0.29) is 37.3 Å². The maximum absolute atomic E-state index is 4.26. The molecule has 10 saturated heterocycles. The van der Waals surface area contributed by atoms with Crippen molar-refractivity contribution in [2.24, 2.45) is 94.7 Å². The van der Waals surface area contributed by atoms with Gasteiger partial charge in [0, 0.05) is 37.3 Å². The molecular weight excluding hydrogens is 1160 g/mol. The molecule has 0 radical (unpaired) electrons. The third-order valence-electron chi connectivity index (χ3n) is 27.6. The van der Waals surface area contributed by atoms with E-state index in [0.29, 0.717) is 98.7 Å². The Morgan fingerprint density at radius 3 is 0.235 bits per heavy atom. The van der Waals surface area contributed by atoms with Crippen LogP contribution in [0.3, 0.4) is 0 Å². The summed E-state index contributed by atoms with van der Waals surface area (Å²) in [5, 5.41) is 67.6. The average molecular weight is 1270 g/mol. The second-order valence-electron chi connectivity index (χ2n) is 31.2. The molecule has 460 valence electrons.